The molecule has 0 radical (unpaired) electrons. The van der Waals surface area contributed by atoms with E-state index in [1.807, 2.05) is 42.5 Å². The smallest absolute Gasteiger partial charge is 0.490 e. The van der Waals surface area contributed by atoms with E-state index >= 15 is 0 Å². The number of hydrogen-bond donors (Lipinski definition) is 3. The maximum Gasteiger partial charge on any atom is 0.490 e. The lowest BCUT2D eigenvalue weighted by molar-refractivity contribution is -0.192. The number of pyridine rings is 1. The van der Waals surface area contributed by atoms with Gasteiger partial charge in [0.25, 0.3) is 5.91 Å². The number of ether oxygens (including phenoxy) is 1. The number of fused-ring (bicyclic) bond motifs is 1. The second-order valence-electron chi connectivity index (χ2n) is 7.54. The number of nitrogens with zero attached hydrogens (tertiary/aromatic N) is 1. The van der Waals surface area contributed by atoms with Crippen molar-refractivity contribution in [2.45, 2.75) is 32.4 Å². The van der Waals surface area contributed by atoms with Gasteiger partial charge in [0.05, 0.1) is 17.9 Å². The third-order valence-corrected chi connectivity index (χ3v) is 5.03. The molecule has 1 aromatic carbocycles. The lowest BCUT2D eigenvalue weighted by atomic mass is 10.1. The molecule has 3 heterocycles. The molecule has 0 unspecified atom stereocenters. The number of halogens is 3. The Morgan fingerprint density at radius 3 is 2.47 bits per heavy atom. The van der Waals surface area contributed by atoms with Gasteiger partial charge in [0, 0.05) is 41.7 Å². The summed E-state index contributed by atoms with van der Waals surface area (Å²) >= 11 is 0. The zero-order chi connectivity index (χ0) is 24.7. The molecule has 0 bridgehead atoms. The van der Waals surface area contributed by atoms with Crippen molar-refractivity contribution in [2.24, 2.45) is 0 Å². The normalized spacial score (nSPS) is 12.8. The third kappa shape index (κ3) is 6.37. The Hall–Kier alpha value is -3.82. The maximum atomic E-state index is 12.0. The molecule has 0 aliphatic carbocycles. The highest BCUT2D eigenvalue weighted by Gasteiger charge is 2.38. The van der Waals surface area contributed by atoms with E-state index in [9.17, 15) is 18.0 Å². The molecular formula is C24H24F3N3O4. The molecule has 10 heteroatoms. The van der Waals surface area contributed by atoms with Gasteiger partial charge in [-0.3, -0.25) is 9.78 Å². The number of aliphatic carboxylic acids is 1. The van der Waals surface area contributed by atoms with Crippen molar-refractivity contribution in [3.8, 4) is 28.3 Å². The SMILES string of the molecule is CCCCOc1ccc(-c2cc(-c3cc4c([nH]3)CCNC4=O)ccn2)cc1.O=C(O)C(F)(F)F. The first-order chi connectivity index (χ1) is 16.2. The van der Waals surface area contributed by atoms with Crippen LogP contribution in [0.4, 0.5) is 13.2 Å². The summed E-state index contributed by atoms with van der Waals surface area (Å²) in [5.74, 6) is -1.88. The van der Waals surface area contributed by atoms with Crippen LogP contribution >= 0.6 is 0 Å². The summed E-state index contributed by atoms with van der Waals surface area (Å²) in [4.78, 5) is 28.8. The van der Waals surface area contributed by atoms with Crippen LogP contribution in [0.3, 0.4) is 0 Å². The van der Waals surface area contributed by atoms with Gasteiger partial charge in [-0.1, -0.05) is 13.3 Å². The molecule has 4 rings (SSSR count). The van der Waals surface area contributed by atoms with E-state index in [1.54, 1.807) is 6.20 Å². The Bertz CT molecular complexity index is 1140. The van der Waals surface area contributed by atoms with E-state index in [1.165, 1.54) is 0 Å². The summed E-state index contributed by atoms with van der Waals surface area (Å²) in [6, 6.07) is 14.0. The van der Waals surface area contributed by atoms with Crippen LogP contribution < -0.4 is 10.1 Å². The van der Waals surface area contributed by atoms with E-state index in [-0.39, 0.29) is 5.91 Å². The van der Waals surface area contributed by atoms with Gasteiger partial charge in [0.15, 0.2) is 0 Å². The average Bonchev–Trinajstić information content (AvgIpc) is 3.26. The molecule has 180 valence electrons. The molecule has 2 aromatic heterocycles. The highest BCUT2D eigenvalue weighted by molar-refractivity contribution is 5.97. The number of nitrogens with one attached hydrogen (secondary N) is 2. The van der Waals surface area contributed by atoms with Crippen LogP contribution in [-0.2, 0) is 11.2 Å². The Morgan fingerprint density at radius 2 is 1.85 bits per heavy atom. The molecule has 34 heavy (non-hydrogen) atoms. The fraction of sp³-hybridized carbons (Fsp3) is 0.292. The van der Waals surface area contributed by atoms with Crippen molar-refractivity contribution in [3.63, 3.8) is 0 Å². The molecule has 0 saturated heterocycles. The Balaban J connectivity index is 0.000000406. The number of carbonyl (C=O) groups is 2. The first-order valence-corrected chi connectivity index (χ1v) is 10.7. The second-order valence-corrected chi connectivity index (χ2v) is 7.54. The molecule has 1 amide bonds. The fourth-order valence-electron chi connectivity index (χ4n) is 3.26. The Kier molecular flexibility index (Phi) is 7.93. The monoisotopic (exact) mass is 475 g/mol. The minimum Gasteiger partial charge on any atom is -0.494 e. The number of aromatic amines is 1. The molecule has 0 spiro atoms. The lowest BCUT2D eigenvalue weighted by Gasteiger charge is -2.11. The zero-order valence-electron chi connectivity index (χ0n) is 18.4. The number of hydrogen-bond acceptors (Lipinski definition) is 4. The van der Waals surface area contributed by atoms with Gasteiger partial charge in [-0.2, -0.15) is 13.2 Å². The summed E-state index contributed by atoms with van der Waals surface area (Å²) < 4.78 is 37.5. The maximum absolute atomic E-state index is 12.0. The topological polar surface area (TPSA) is 104 Å². The molecule has 0 saturated carbocycles. The second kappa shape index (κ2) is 10.9. The predicted molar refractivity (Wildman–Crippen MR) is 120 cm³/mol. The minimum atomic E-state index is -5.08. The van der Waals surface area contributed by atoms with Crippen molar-refractivity contribution in [3.05, 3.63) is 59.9 Å². The molecule has 0 fully saturated rings. The van der Waals surface area contributed by atoms with E-state index in [2.05, 4.69) is 22.2 Å². The summed E-state index contributed by atoms with van der Waals surface area (Å²) in [5, 5.41) is 10.0. The molecule has 3 aromatic rings. The number of carboxylic acids is 1. The van der Waals surface area contributed by atoms with Crippen LogP contribution in [0.15, 0.2) is 48.7 Å². The average molecular weight is 475 g/mol. The number of aromatic nitrogens is 2. The molecule has 3 N–H and O–H groups in total. The van der Waals surface area contributed by atoms with Crippen molar-refractivity contribution in [1.82, 2.24) is 15.3 Å². The Labute approximate surface area is 194 Å². The fourth-order valence-corrected chi connectivity index (χ4v) is 3.26. The standard InChI is InChI=1S/C22H23N3O2.C2HF3O2/c1-2-3-12-27-17-6-4-15(5-7-17)20-13-16(8-10-23-20)21-14-18-19(25-21)9-11-24-22(18)26;3-2(4,5)1(6)7/h4-8,10,13-14,25H,2-3,9,11-12H2,1H3,(H,24,26);(H,6,7). The van der Waals surface area contributed by atoms with E-state index in [0.717, 1.165) is 65.4 Å². The van der Waals surface area contributed by atoms with Gasteiger partial charge in [0.1, 0.15) is 5.75 Å². The number of amides is 1. The minimum absolute atomic E-state index is 0.00769. The Morgan fingerprint density at radius 1 is 1.15 bits per heavy atom. The van der Waals surface area contributed by atoms with E-state index in [4.69, 9.17) is 14.6 Å². The van der Waals surface area contributed by atoms with Crippen molar-refractivity contribution in [2.75, 3.05) is 13.2 Å². The van der Waals surface area contributed by atoms with Crippen LogP contribution in [-0.4, -0.2) is 46.3 Å². The quantitative estimate of drug-likeness (QED) is 0.443. The van der Waals surface area contributed by atoms with Crippen LogP contribution in [0, 0.1) is 0 Å². The predicted octanol–water partition coefficient (Wildman–Crippen LogP) is 4.84. The summed E-state index contributed by atoms with van der Waals surface area (Å²) in [6.07, 6.45) is -0.267. The van der Waals surface area contributed by atoms with Gasteiger partial charge in [-0.15, -0.1) is 0 Å². The van der Waals surface area contributed by atoms with Crippen LogP contribution in [0.25, 0.3) is 22.5 Å². The van der Waals surface area contributed by atoms with Gasteiger partial charge >= 0.3 is 12.1 Å². The highest BCUT2D eigenvalue weighted by atomic mass is 19.4. The van der Waals surface area contributed by atoms with E-state index < -0.39 is 12.1 Å². The van der Waals surface area contributed by atoms with Crippen molar-refractivity contribution < 1.29 is 32.6 Å². The molecule has 7 nitrogen and oxygen atoms in total. The number of H-pyrrole nitrogens is 1. The van der Waals surface area contributed by atoms with Gasteiger partial charge in [-0.25, -0.2) is 4.79 Å². The third-order valence-electron chi connectivity index (χ3n) is 5.03. The van der Waals surface area contributed by atoms with Gasteiger partial charge in [-0.05, 0) is 48.9 Å². The van der Waals surface area contributed by atoms with Crippen LogP contribution in [0.2, 0.25) is 0 Å². The molecule has 1 aliphatic rings. The number of rotatable bonds is 6. The summed E-state index contributed by atoms with van der Waals surface area (Å²) in [5.41, 5.74) is 5.63. The van der Waals surface area contributed by atoms with E-state index in [0.29, 0.717) is 6.54 Å². The summed E-state index contributed by atoms with van der Waals surface area (Å²) in [6.45, 7) is 3.58. The van der Waals surface area contributed by atoms with Crippen molar-refractivity contribution >= 4 is 11.9 Å². The largest absolute Gasteiger partial charge is 0.494 e. The first-order valence-electron chi connectivity index (χ1n) is 10.7. The van der Waals surface area contributed by atoms with Crippen LogP contribution in [0.5, 0.6) is 5.75 Å². The van der Waals surface area contributed by atoms with Crippen LogP contribution in [0.1, 0.15) is 35.8 Å². The first kappa shape index (κ1) is 24.8. The highest BCUT2D eigenvalue weighted by Crippen LogP contribution is 2.28. The summed E-state index contributed by atoms with van der Waals surface area (Å²) in [7, 11) is 0. The zero-order valence-corrected chi connectivity index (χ0v) is 18.4. The van der Waals surface area contributed by atoms with Gasteiger partial charge in [0.2, 0.25) is 0 Å². The molecule has 1 aliphatic heterocycles. The number of unbranched alkanes of at least 4 members (excludes halogenated alkanes) is 1. The van der Waals surface area contributed by atoms with Crippen molar-refractivity contribution in [1.29, 1.82) is 0 Å². The van der Waals surface area contributed by atoms with Gasteiger partial charge < -0.3 is 20.1 Å². The lowest BCUT2D eigenvalue weighted by Crippen LogP contribution is -2.31. The number of benzene rings is 1. The molecular weight excluding hydrogens is 451 g/mol. The number of carboxylic acid groups (broad SMARTS) is 1. The number of alkyl halides is 3. The number of carbonyl (C=O) groups excluding carboxylic acids is 1. The molecule has 0 atom stereocenters.